The molecule has 1 N–H and O–H groups in total. The molecule has 4 rings (SSSR count). The van der Waals surface area contributed by atoms with Crippen molar-refractivity contribution in [3.05, 3.63) is 54.4 Å². The zero-order valence-corrected chi connectivity index (χ0v) is 17.5. The summed E-state index contributed by atoms with van der Waals surface area (Å²) < 4.78 is 18.7. The van der Waals surface area contributed by atoms with E-state index in [2.05, 4.69) is 34.7 Å². The highest BCUT2D eigenvalue weighted by atomic mass is 16.5. The van der Waals surface area contributed by atoms with Crippen LogP contribution < -0.4 is 19.5 Å². The van der Waals surface area contributed by atoms with Gasteiger partial charge in [0.25, 0.3) is 5.91 Å². The number of carbonyl (C=O) groups is 1. The van der Waals surface area contributed by atoms with Crippen LogP contribution in [0.5, 0.6) is 17.2 Å². The first-order valence-electron chi connectivity index (χ1n) is 10.3. The highest BCUT2D eigenvalue weighted by Gasteiger charge is 2.21. The van der Waals surface area contributed by atoms with E-state index in [4.69, 9.17) is 14.2 Å². The predicted molar refractivity (Wildman–Crippen MR) is 112 cm³/mol. The third-order valence-electron chi connectivity index (χ3n) is 4.93. The molecule has 2 aromatic carbocycles. The number of hydrogen-bond donors (Lipinski definition) is 1. The maximum Gasteiger partial charge on any atom is 0.258 e. The first-order valence-corrected chi connectivity index (χ1v) is 10.3. The van der Waals surface area contributed by atoms with Gasteiger partial charge in [0.1, 0.15) is 12.1 Å². The fourth-order valence-electron chi connectivity index (χ4n) is 3.35. The van der Waals surface area contributed by atoms with Crippen LogP contribution in [-0.2, 0) is 4.79 Å². The molecule has 3 aromatic rings. The maximum absolute atomic E-state index is 12.6. The van der Waals surface area contributed by atoms with Gasteiger partial charge in [-0.3, -0.25) is 4.79 Å². The molecule has 0 saturated heterocycles. The van der Waals surface area contributed by atoms with Gasteiger partial charge in [-0.25, -0.2) is 4.68 Å². The molecule has 31 heavy (non-hydrogen) atoms. The minimum Gasteiger partial charge on any atom is -0.490 e. The Morgan fingerprint density at radius 3 is 2.61 bits per heavy atom. The third-order valence-corrected chi connectivity index (χ3v) is 4.93. The summed E-state index contributed by atoms with van der Waals surface area (Å²) in [5.41, 5.74) is 1.77. The van der Waals surface area contributed by atoms with Crippen molar-refractivity contribution in [1.82, 2.24) is 25.5 Å². The molecule has 9 nitrogen and oxygen atoms in total. The number of ether oxygens (including phenoxy) is 3. The minimum absolute atomic E-state index is 0.0853. The number of fused-ring (bicyclic) bond motifs is 1. The zero-order chi connectivity index (χ0) is 21.6. The monoisotopic (exact) mass is 423 g/mol. The molecule has 1 amide bonds. The lowest BCUT2D eigenvalue weighted by Gasteiger charge is -2.24. The SMILES string of the molecule is CC(C)C(NC(=O)COc1ccc(-n2cnnn2)cc1)c1ccc2c(c1)OCCCO2. The molecule has 0 bridgehead atoms. The maximum atomic E-state index is 12.6. The molecule has 1 aliphatic heterocycles. The summed E-state index contributed by atoms with van der Waals surface area (Å²) in [6.07, 6.45) is 2.36. The van der Waals surface area contributed by atoms with E-state index < -0.39 is 0 Å². The van der Waals surface area contributed by atoms with Crippen molar-refractivity contribution < 1.29 is 19.0 Å². The molecule has 2 heterocycles. The van der Waals surface area contributed by atoms with E-state index in [0.29, 0.717) is 24.7 Å². The second kappa shape index (κ2) is 9.46. The van der Waals surface area contributed by atoms with Crippen molar-refractivity contribution in [2.45, 2.75) is 26.3 Å². The summed E-state index contributed by atoms with van der Waals surface area (Å²) in [5, 5.41) is 14.1. The number of rotatable bonds is 7. The quantitative estimate of drug-likeness (QED) is 0.624. The second-order valence-corrected chi connectivity index (χ2v) is 7.58. The van der Waals surface area contributed by atoms with Gasteiger partial charge < -0.3 is 19.5 Å². The van der Waals surface area contributed by atoms with E-state index in [9.17, 15) is 4.79 Å². The van der Waals surface area contributed by atoms with Gasteiger partial charge in [-0.05, 0) is 58.3 Å². The molecule has 0 saturated carbocycles. The molecule has 1 aliphatic rings. The molecule has 0 aliphatic carbocycles. The molecule has 1 atom stereocenters. The van der Waals surface area contributed by atoms with Crippen molar-refractivity contribution >= 4 is 5.91 Å². The Morgan fingerprint density at radius 2 is 1.90 bits per heavy atom. The standard InChI is InChI=1S/C22H25N5O4/c1-15(2)22(16-4-9-19-20(12-16)30-11-3-10-29-19)24-21(28)13-31-18-7-5-17(6-8-18)27-14-23-25-26-27/h4-9,12,14-15,22H,3,10-11,13H2,1-2H3,(H,24,28). The van der Waals surface area contributed by atoms with Crippen molar-refractivity contribution in [2.24, 2.45) is 5.92 Å². The molecule has 9 heteroatoms. The lowest BCUT2D eigenvalue weighted by Crippen LogP contribution is -2.35. The topological polar surface area (TPSA) is 100 Å². The Hall–Kier alpha value is -3.62. The Kier molecular flexibility index (Phi) is 6.30. The minimum atomic E-state index is -0.199. The van der Waals surface area contributed by atoms with Crippen LogP contribution in [0.15, 0.2) is 48.8 Å². The molecule has 0 fully saturated rings. The average Bonchev–Trinajstić information content (AvgIpc) is 3.21. The van der Waals surface area contributed by atoms with Crippen LogP contribution >= 0.6 is 0 Å². The summed E-state index contributed by atoms with van der Waals surface area (Å²) >= 11 is 0. The summed E-state index contributed by atoms with van der Waals surface area (Å²) in [7, 11) is 0. The van der Waals surface area contributed by atoms with Gasteiger partial charge in [0.15, 0.2) is 18.1 Å². The van der Waals surface area contributed by atoms with Crippen LogP contribution in [0.1, 0.15) is 31.9 Å². The molecular weight excluding hydrogens is 398 g/mol. The largest absolute Gasteiger partial charge is 0.490 e. The number of nitrogens with one attached hydrogen (secondary N) is 1. The van der Waals surface area contributed by atoms with Crippen molar-refractivity contribution in [1.29, 1.82) is 0 Å². The van der Waals surface area contributed by atoms with Gasteiger partial charge in [-0.1, -0.05) is 19.9 Å². The summed E-state index contributed by atoms with van der Waals surface area (Å²) in [6.45, 7) is 5.30. The molecular formula is C22H25N5O4. The normalized spacial score (nSPS) is 14.0. The van der Waals surface area contributed by atoms with E-state index in [1.807, 2.05) is 30.3 Å². The summed E-state index contributed by atoms with van der Waals surface area (Å²) in [6, 6.07) is 12.8. The van der Waals surface area contributed by atoms with Gasteiger partial charge in [-0.2, -0.15) is 0 Å². The highest BCUT2D eigenvalue weighted by Crippen LogP contribution is 2.34. The Bertz CT molecular complexity index is 1010. The number of tetrazole rings is 1. The van der Waals surface area contributed by atoms with E-state index in [-0.39, 0.29) is 24.5 Å². The Balaban J connectivity index is 1.37. The fraction of sp³-hybridized carbons (Fsp3) is 0.364. The summed E-state index contributed by atoms with van der Waals surface area (Å²) in [5.74, 6) is 2.03. The van der Waals surface area contributed by atoms with Crippen LogP contribution in [0.3, 0.4) is 0 Å². The van der Waals surface area contributed by atoms with Crippen molar-refractivity contribution in [2.75, 3.05) is 19.8 Å². The first kappa shape index (κ1) is 20.6. The predicted octanol–water partition coefficient (Wildman–Crippen LogP) is 2.72. The van der Waals surface area contributed by atoms with Crippen LogP contribution in [0.4, 0.5) is 0 Å². The van der Waals surface area contributed by atoms with Crippen LogP contribution in [0.2, 0.25) is 0 Å². The van der Waals surface area contributed by atoms with Gasteiger partial charge in [0.2, 0.25) is 0 Å². The molecule has 0 radical (unpaired) electrons. The molecule has 162 valence electrons. The first-order chi connectivity index (χ1) is 15.1. The van der Waals surface area contributed by atoms with Gasteiger partial charge in [0, 0.05) is 6.42 Å². The van der Waals surface area contributed by atoms with E-state index in [1.165, 1.54) is 6.33 Å². The van der Waals surface area contributed by atoms with E-state index in [0.717, 1.165) is 23.4 Å². The molecule has 0 spiro atoms. The highest BCUT2D eigenvalue weighted by molar-refractivity contribution is 5.78. The van der Waals surface area contributed by atoms with Gasteiger partial charge in [0.05, 0.1) is 24.9 Å². The van der Waals surface area contributed by atoms with E-state index >= 15 is 0 Å². The van der Waals surface area contributed by atoms with Crippen LogP contribution in [0, 0.1) is 5.92 Å². The number of carbonyl (C=O) groups excluding carboxylic acids is 1. The Labute approximate surface area is 180 Å². The van der Waals surface area contributed by atoms with Crippen molar-refractivity contribution in [3.8, 4) is 22.9 Å². The number of amides is 1. The molecule has 1 unspecified atom stereocenters. The second-order valence-electron chi connectivity index (χ2n) is 7.58. The number of aromatic nitrogens is 4. The van der Waals surface area contributed by atoms with Crippen molar-refractivity contribution in [3.63, 3.8) is 0 Å². The summed E-state index contributed by atoms with van der Waals surface area (Å²) in [4.78, 5) is 12.6. The lowest BCUT2D eigenvalue weighted by atomic mass is 9.95. The average molecular weight is 423 g/mol. The Morgan fingerprint density at radius 1 is 1.13 bits per heavy atom. The zero-order valence-electron chi connectivity index (χ0n) is 17.5. The lowest BCUT2D eigenvalue weighted by molar-refractivity contribution is -0.124. The number of hydrogen-bond acceptors (Lipinski definition) is 7. The van der Waals surface area contributed by atoms with Gasteiger partial charge in [-0.15, -0.1) is 5.10 Å². The molecule has 1 aromatic heterocycles. The van der Waals surface area contributed by atoms with Gasteiger partial charge >= 0.3 is 0 Å². The smallest absolute Gasteiger partial charge is 0.258 e. The van der Waals surface area contributed by atoms with Crippen LogP contribution in [-0.4, -0.2) is 45.9 Å². The van der Waals surface area contributed by atoms with Crippen LogP contribution in [0.25, 0.3) is 5.69 Å². The number of nitrogens with zero attached hydrogens (tertiary/aromatic N) is 4. The fourth-order valence-corrected chi connectivity index (χ4v) is 3.35. The number of benzene rings is 2. The third kappa shape index (κ3) is 5.11. The van der Waals surface area contributed by atoms with E-state index in [1.54, 1.807) is 16.8 Å².